The van der Waals surface area contributed by atoms with E-state index in [4.69, 9.17) is 9.47 Å². The van der Waals surface area contributed by atoms with Gasteiger partial charge < -0.3 is 14.8 Å². The Kier molecular flexibility index (Phi) is 3.56. The molecule has 0 radical (unpaired) electrons. The normalized spacial score (nSPS) is 25.9. The topological polar surface area (TPSA) is 30.5 Å². The Bertz CT molecular complexity index is 453. The second-order valence-corrected chi connectivity index (χ2v) is 5.64. The number of nitrogens with one attached hydrogen (secondary N) is 1. The van der Waals surface area contributed by atoms with Gasteiger partial charge in [-0.3, -0.25) is 0 Å². The summed E-state index contributed by atoms with van der Waals surface area (Å²) in [6.07, 6.45) is 1.16. The van der Waals surface area contributed by atoms with Crippen molar-refractivity contribution in [3.63, 3.8) is 0 Å². The summed E-state index contributed by atoms with van der Waals surface area (Å²) in [5.41, 5.74) is 1.88. The molecule has 0 amide bonds. The summed E-state index contributed by atoms with van der Waals surface area (Å²) in [6, 6.07) is 5.40. The molecule has 0 bridgehead atoms. The lowest BCUT2D eigenvalue weighted by atomic mass is 9.74. The van der Waals surface area contributed by atoms with Crippen molar-refractivity contribution in [1.82, 2.24) is 5.32 Å². The largest absolute Gasteiger partial charge is 0.379 e. The highest BCUT2D eigenvalue weighted by Crippen LogP contribution is 2.38. The van der Waals surface area contributed by atoms with E-state index in [1.807, 2.05) is 19.1 Å². The van der Waals surface area contributed by atoms with Crippen LogP contribution in [0.5, 0.6) is 0 Å². The van der Waals surface area contributed by atoms with Crippen molar-refractivity contribution in [1.29, 1.82) is 0 Å². The summed E-state index contributed by atoms with van der Waals surface area (Å²) in [5, 5.41) is 3.35. The van der Waals surface area contributed by atoms with Crippen LogP contribution in [0, 0.1) is 12.7 Å². The maximum absolute atomic E-state index is 13.4. The van der Waals surface area contributed by atoms with Gasteiger partial charge in [0.2, 0.25) is 0 Å². The van der Waals surface area contributed by atoms with Gasteiger partial charge in [-0.15, -0.1) is 0 Å². The molecule has 0 aliphatic carbocycles. The highest BCUT2D eigenvalue weighted by atomic mass is 19.1. The SMILES string of the molecule is Cc1cc(C2(CC3CNCCO3)COC2)ccc1F. The number of hydrogen-bond acceptors (Lipinski definition) is 3. The maximum Gasteiger partial charge on any atom is 0.126 e. The first-order valence-corrected chi connectivity index (χ1v) is 6.86. The van der Waals surface area contributed by atoms with Gasteiger partial charge in [-0.1, -0.05) is 12.1 Å². The quantitative estimate of drug-likeness (QED) is 0.903. The Balaban J connectivity index is 1.79. The van der Waals surface area contributed by atoms with Crippen LogP contribution in [-0.4, -0.2) is 39.0 Å². The number of morpholine rings is 1. The van der Waals surface area contributed by atoms with Crippen molar-refractivity contribution in [3.8, 4) is 0 Å². The average Bonchev–Trinajstić information content (AvgIpc) is 2.38. The van der Waals surface area contributed by atoms with Crippen LogP contribution in [-0.2, 0) is 14.9 Å². The van der Waals surface area contributed by atoms with E-state index in [9.17, 15) is 4.39 Å². The molecule has 2 aliphatic rings. The molecule has 2 aliphatic heterocycles. The standard InChI is InChI=1S/C15H20FNO2/c1-11-6-12(2-3-14(11)16)15(9-18-10-15)7-13-8-17-4-5-19-13/h2-3,6,13,17H,4-5,7-10H2,1H3. The van der Waals surface area contributed by atoms with Crippen LogP contribution in [0.15, 0.2) is 18.2 Å². The highest BCUT2D eigenvalue weighted by Gasteiger charge is 2.42. The Morgan fingerprint density at radius 2 is 2.26 bits per heavy atom. The van der Waals surface area contributed by atoms with Gasteiger partial charge in [0.05, 0.1) is 25.9 Å². The lowest BCUT2D eigenvalue weighted by Gasteiger charge is -2.44. The summed E-state index contributed by atoms with van der Waals surface area (Å²) < 4.78 is 24.6. The number of rotatable bonds is 3. The molecule has 2 heterocycles. The molecule has 0 aromatic heterocycles. The summed E-state index contributed by atoms with van der Waals surface area (Å²) in [5.74, 6) is -0.144. The first kappa shape index (κ1) is 13.0. The third-order valence-corrected chi connectivity index (χ3v) is 4.15. The Labute approximate surface area is 113 Å². The minimum atomic E-state index is -0.144. The lowest BCUT2D eigenvalue weighted by molar-refractivity contribution is -0.0942. The smallest absolute Gasteiger partial charge is 0.126 e. The van der Waals surface area contributed by atoms with E-state index in [0.29, 0.717) is 18.8 Å². The molecular formula is C15H20FNO2. The molecule has 2 saturated heterocycles. The molecule has 1 aromatic carbocycles. The van der Waals surface area contributed by atoms with Crippen molar-refractivity contribution < 1.29 is 13.9 Å². The van der Waals surface area contributed by atoms with Crippen LogP contribution in [0.3, 0.4) is 0 Å². The fourth-order valence-corrected chi connectivity index (χ4v) is 2.91. The second kappa shape index (κ2) is 5.19. The average molecular weight is 265 g/mol. The van der Waals surface area contributed by atoms with Crippen molar-refractivity contribution in [2.45, 2.75) is 24.9 Å². The van der Waals surface area contributed by atoms with E-state index in [0.717, 1.165) is 26.1 Å². The third kappa shape index (κ3) is 2.53. The Morgan fingerprint density at radius 1 is 1.42 bits per heavy atom. The fraction of sp³-hybridized carbons (Fsp3) is 0.600. The van der Waals surface area contributed by atoms with Gasteiger partial charge in [0.25, 0.3) is 0 Å². The molecule has 1 N–H and O–H groups in total. The first-order chi connectivity index (χ1) is 9.20. The molecule has 104 valence electrons. The van der Waals surface area contributed by atoms with Gasteiger partial charge in [0.1, 0.15) is 5.82 Å². The third-order valence-electron chi connectivity index (χ3n) is 4.15. The molecule has 1 unspecified atom stereocenters. The number of ether oxygens (including phenoxy) is 2. The fourth-order valence-electron chi connectivity index (χ4n) is 2.91. The molecule has 19 heavy (non-hydrogen) atoms. The maximum atomic E-state index is 13.4. The van der Waals surface area contributed by atoms with Gasteiger partial charge in [0, 0.05) is 18.5 Å². The molecule has 0 saturated carbocycles. The van der Waals surface area contributed by atoms with Crippen molar-refractivity contribution in [2.24, 2.45) is 0 Å². The molecule has 1 atom stereocenters. The van der Waals surface area contributed by atoms with Crippen LogP contribution in [0.2, 0.25) is 0 Å². The van der Waals surface area contributed by atoms with E-state index >= 15 is 0 Å². The molecule has 3 rings (SSSR count). The van der Waals surface area contributed by atoms with Crippen LogP contribution in [0.25, 0.3) is 0 Å². The second-order valence-electron chi connectivity index (χ2n) is 5.64. The highest BCUT2D eigenvalue weighted by molar-refractivity contribution is 5.33. The van der Waals surface area contributed by atoms with E-state index in [-0.39, 0.29) is 17.3 Å². The predicted molar refractivity (Wildman–Crippen MR) is 70.9 cm³/mol. The van der Waals surface area contributed by atoms with E-state index in [2.05, 4.69) is 5.32 Å². The van der Waals surface area contributed by atoms with Crippen LogP contribution < -0.4 is 5.32 Å². The number of benzene rings is 1. The molecule has 1 aromatic rings. The number of halogens is 1. The lowest BCUT2D eigenvalue weighted by Crippen LogP contribution is -2.52. The first-order valence-electron chi connectivity index (χ1n) is 6.86. The van der Waals surface area contributed by atoms with Gasteiger partial charge in [0.15, 0.2) is 0 Å². The molecule has 0 spiro atoms. The summed E-state index contributed by atoms with van der Waals surface area (Å²) in [4.78, 5) is 0. The van der Waals surface area contributed by atoms with E-state index < -0.39 is 0 Å². The van der Waals surface area contributed by atoms with E-state index in [1.54, 1.807) is 6.07 Å². The molecule has 4 heteroatoms. The molecule has 3 nitrogen and oxygen atoms in total. The predicted octanol–water partition coefficient (Wildman–Crippen LogP) is 1.78. The van der Waals surface area contributed by atoms with Crippen LogP contribution in [0.1, 0.15) is 17.5 Å². The van der Waals surface area contributed by atoms with Gasteiger partial charge in [-0.2, -0.15) is 0 Å². The molecular weight excluding hydrogens is 245 g/mol. The van der Waals surface area contributed by atoms with E-state index in [1.165, 1.54) is 5.56 Å². The molecule has 2 fully saturated rings. The minimum Gasteiger partial charge on any atom is -0.379 e. The van der Waals surface area contributed by atoms with Crippen molar-refractivity contribution >= 4 is 0 Å². The summed E-state index contributed by atoms with van der Waals surface area (Å²) in [7, 11) is 0. The number of hydrogen-bond donors (Lipinski definition) is 1. The Hall–Kier alpha value is -0.970. The number of aryl methyl sites for hydroxylation is 1. The van der Waals surface area contributed by atoms with Crippen molar-refractivity contribution in [2.75, 3.05) is 32.9 Å². The minimum absolute atomic E-state index is 0.00213. The zero-order valence-electron chi connectivity index (χ0n) is 11.2. The zero-order valence-corrected chi connectivity index (χ0v) is 11.2. The van der Waals surface area contributed by atoms with Crippen LogP contribution >= 0.6 is 0 Å². The zero-order chi connectivity index (χ0) is 13.3. The Morgan fingerprint density at radius 3 is 2.84 bits per heavy atom. The van der Waals surface area contributed by atoms with Crippen LogP contribution in [0.4, 0.5) is 4.39 Å². The van der Waals surface area contributed by atoms with Gasteiger partial charge in [-0.05, 0) is 30.5 Å². The van der Waals surface area contributed by atoms with Gasteiger partial charge in [-0.25, -0.2) is 4.39 Å². The summed E-state index contributed by atoms with van der Waals surface area (Å²) >= 11 is 0. The van der Waals surface area contributed by atoms with Gasteiger partial charge >= 0.3 is 0 Å². The van der Waals surface area contributed by atoms with Crippen molar-refractivity contribution in [3.05, 3.63) is 35.1 Å². The summed E-state index contributed by atoms with van der Waals surface area (Å²) in [6.45, 7) is 5.81. The monoisotopic (exact) mass is 265 g/mol.